The lowest BCUT2D eigenvalue weighted by Crippen LogP contribution is -2.36. The fourth-order valence-corrected chi connectivity index (χ4v) is 1.95. The van der Waals surface area contributed by atoms with Crippen molar-refractivity contribution in [2.24, 2.45) is 10.7 Å². The highest BCUT2D eigenvalue weighted by Crippen LogP contribution is 2.22. The van der Waals surface area contributed by atoms with E-state index in [-0.39, 0.29) is 5.96 Å². The number of carbonyl (C=O) groups excluding carboxylic acids is 1. The maximum atomic E-state index is 12.3. The minimum Gasteiger partial charge on any atom is -0.497 e. The van der Waals surface area contributed by atoms with Gasteiger partial charge in [-0.2, -0.15) is 0 Å². The molecule has 0 unspecified atom stereocenters. The van der Waals surface area contributed by atoms with Gasteiger partial charge in [0.25, 0.3) is 5.91 Å². The van der Waals surface area contributed by atoms with Crippen molar-refractivity contribution < 1.29 is 19.0 Å². The Labute approximate surface area is 140 Å². The summed E-state index contributed by atoms with van der Waals surface area (Å²) >= 11 is 0. The van der Waals surface area contributed by atoms with Gasteiger partial charge in [0.05, 0.1) is 27.0 Å². The molecule has 0 aliphatic heterocycles. The molecule has 7 heteroatoms. The number of benzene rings is 2. The van der Waals surface area contributed by atoms with Crippen LogP contribution < -0.4 is 25.3 Å². The maximum absolute atomic E-state index is 12.3. The summed E-state index contributed by atoms with van der Waals surface area (Å²) in [7, 11) is 4.60. The van der Waals surface area contributed by atoms with E-state index in [4.69, 9.17) is 19.9 Å². The quantitative estimate of drug-likeness (QED) is 0.647. The van der Waals surface area contributed by atoms with Gasteiger partial charge in [0.2, 0.25) is 5.96 Å². The van der Waals surface area contributed by atoms with Crippen LogP contribution in [0, 0.1) is 0 Å². The molecule has 0 spiro atoms. The van der Waals surface area contributed by atoms with Gasteiger partial charge in [-0.3, -0.25) is 10.1 Å². The van der Waals surface area contributed by atoms with Crippen molar-refractivity contribution in [3.05, 3.63) is 48.0 Å². The topological polar surface area (TPSA) is 95.2 Å². The maximum Gasteiger partial charge on any atom is 0.258 e. The van der Waals surface area contributed by atoms with Gasteiger partial charge in [0.1, 0.15) is 17.2 Å². The molecule has 2 rings (SSSR count). The van der Waals surface area contributed by atoms with Crippen LogP contribution in [0.15, 0.2) is 47.5 Å². The van der Waals surface area contributed by atoms with E-state index in [0.29, 0.717) is 28.5 Å². The Hall–Kier alpha value is -3.22. The summed E-state index contributed by atoms with van der Waals surface area (Å²) < 4.78 is 15.3. The summed E-state index contributed by atoms with van der Waals surface area (Å²) in [6.45, 7) is 0. The molecular weight excluding hydrogens is 310 g/mol. The molecule has 2 aromatic rings. The molecule has 0 atom stereocenters. The van der Waals surface area contributed by atoms with Crippen LogP contribution in [0.5, 0.6) is 17.2 Å². The monoisotopic (exact) mass is 329 g/mol. The molecule has 126 valence electrons. The van der Waals surface area contributed by atoms with Crippen LogP contribution in [-0.2, 0) is 0 Å². The third-order valence-corrected chi connectivity index (χ3v) is 3.18. The van der Waals surface area contributed by atoms with E-state index < -0.39 is 5.91 Å². The van der Waals surface area contributed by atoms with Crippen LogP contribution >= 0.6 is 0 Å². The molecule has 1 amide bonds. The van der Waals surface area contributed by atoms with E-state index in [9.17, 15) is 4.79 Å². The summed E-state index contributed by atoms with van der Waals surface area (Å²) in [5, 5.41) is 2.52. The van der Waals surface area contributed by atoms with E-state index in [2.05, 4.69) is 10.3 Å². The largest absolute Gasteiger partial charge is 0.497 e. The minimum absolute atomic E-state index is 0.0213. The standard InChI is InChI=1S/C17H19N3O4/c1-22-13-6-4-12(5-7-13)19-17(18)20-16(21)11-8-14(23-2)10-15(9-11)24-3/h4-10H,1-3H3,(H3,18,19,20,21). The summed E-state index contributed by atoms with van der Waals surface area (Å²) in [4.78, 5) is 16.4. The predicted molar refractivity (Wildman–Crippen MR) is 91.3 cm³/mol. The Morgan fingerprint density at radius 2 is 1.46 bits per heavy atom. The zero-order valence-corrected chi connectivity index (χ0v) is 13.7. The third kappa shape index (κ3) is 4.39. The highest BCUT2D eigenvalue weighted by Gasteiger charge is 2.11. The zero-order valence-electron chi connectivity index (χ0n) is 13.7. The number of amides is 1. The molecule has 24 heavy (non-hydrogen) atoms. The molecule has 0 saturated heterocycles. The predicted octanol–water partition coefficient (Wildman–Crippen LogP) is 2.09. The van der Waals surface area contributed by atoms with E-state index in [1.807, 2.05) is 0 Å². The van der Waals surface area contributed by atoms with Gasteiger partial charge in [-0.05, 0) is 36.4 Å². The fourth-order valence-electron chi connectivity index (χ4n) is 1.95. The number of carbonyl (C=O) groups is 1. The first-order chi connectivity index (χ1) is 11.5. The van der Waals surface area contributed by atoms with Crippen LogP contribution in [0.4, 0.5) is 5.69 Å². The third-order valence-electron chi connectivity index (χ3n) is 3.18. The van der Waals surface area contributed by atoms with Crippen molar-refractivity contribution in [3.8, 4) is 17.2 Å². The number of nitrogens with zero attached hydrogens (tertiary/aromatic N) is 1. The molecule has 0 aromatic heterocycles. The van der Waals surface area contributed by atoms with E-state index in [0.717, 1.165) is 0 Å². The molecule has 0 radical (unpaired) electrons. The van der Waals surface area contributed by atoms with Crippen LogP contribution in [0.25, 0.3) is 0 Å². The molecule has 0 fully saturated rings. The van der Waals surface area contributed by atoms with Crippen LogP contribution in [-0.4, -0.2) is 33.2 Å². The van der Waals surface area contributed by atoms with Gasteiger partial charge in [0.15, 0.2) is 0 Å². The summed E-state index contributed by atoms with van der Waals surface area (Å²) in [6.07, 6.45) is 0. The van der Waals surface area contributed by atoms with Crippen LogP contribution in [0.2, 0.25) is 0 Å². The Morgan fingerprint density at radius 3 is 1.96 bits per heavy atom. The van der Waals surface area contributed by atoms with Gasteiger partial charge >= 0.3 is 0 Å². The molecule has 2 aromatic carbocycles. The minimum atomic E-state index is -0.415. The van der Waals surface area contributed by atoms with Crippen LogP contribution in [0.1, 0.15) is 10.4 Å². The highest BCUT2D eigenvalue weighted by molar-refractivity contribution is 6.06. The van der Waals surface area contributed by atoms with Gasteiger partial charge in [-0.25, -0.2) is 4.99 Å². The second-order valence-corrected chi connectivity index (χ2v) is 4.75. The van der Waals surface area contributed by atoms with E-state index >= 15 is 0 Å². The number of aliphatic imine (C=N–C) groups is 1. The first-order valence-electron chi connectivity index (χ1n) is 7.08. The second kappa shape index (κ2) is 7.87. The lowest BCUT2D eigenvalue weighted by atomic mass is 10.2. The zero-order chi connectivity index (χ0) is 17.5. The normalized spacial score (nSPS) is 10.9. The van der Waals surface area contributed by atoms with Crippen molar-refractivity contribution >= 4 is 17.6 Å². The van der Waals surface area contributed by atoms with E-state index in [1.54, 1.807) is 49.6 Å². The number of nitrogens with one attached hydrogen (secondary N) is 1. The smallest absolute Gasteiger partial charge is 0.258 e. The first kappa shape index (κ1) is 17.1. The summed E-state index contributed by atoms with van der Waals surface area (Å²) in [6, 6.07) is 11.8. The number of guanidine groups is 1. The summed E-state index contributed by atoms with van der Waals surface area (Å²) in [5.74, 6) is 1.28. The highest BCUT2D eigenvalue weighted by atomic mass is 16.5. The molecule has 0 saturated carbocycles. The van der Waals surface area contributed by atoms with Gasteiger partial charge in [-0.1, -0.05) is 0 Å². The van der Waals surface area contributed by atoms with E-state index in [1.165, 1.54) is 14.2 Å². The lowest BCUT2D eigenvalue weighted by molar-refractivity contribution is 0.0976. The second-order valence-electron chi connectivity index (χ2n) is 4.75. The van der Waals surface area contributed by atoms with Crippen molar-refractivity contribution in [1.29, 1.82) is 0 Å². The Balaban J connectivity index is 2.14. The molecule has 7 nitrogen and oxygen atoms in total. The van der Waals surface area contributed by atoms with Crippen molar-refractivity contribution in [3.63, 3.8) is 0 Å². The molecule has 0 aliphatic rings. The molecular formula is C17H19N3O4. The Bertz CT molecular complexity index is 720. The number of hydrogen-bond donors (Lipinski definition) is 2. The first-order valence-corrected chi connectivity index (χ1v) is 7.08. The van der Waals surface area contributed by atoms with Gasteiger partial charge in [-0.15, -0.1) is 0 Å². The molecule has 0 bridgehead atoms. The summed E-state index contributed by atoms with van der Waals surface area (Å²) in [5.41, 5.74) is 6.72. The number of hydrogen-bond acceptors (Lipinski definition) is 5. The number of nitrogens with two attached hydrogens (primary N) is 1. The molecule has 3 N–H and O–H groups in total. The fraction of sp³-hybridized carbons (Fsp3) is 0.176. The average molecular weight is 329 g/mol. The number of rotatable bonds is 5. The van der Waals surface area contributed by atoms with Crippen molar-refractivity contribution in [1.82, 2.24) is 5.32 Å². The molecule has 0 heterocycles. The van der Waals surface area contributed by atoms with Gasteiger partial charge in [0, 0.05) is 11.6 Å². The van der Waals surface area contributed by atoms with Gasteiger partial charge < -0.3 is 19.9 Å². The Morgan fingerprint density at radius 1 is 0.917 bits per heavy atom. The lowest BCUT2D eigenvalue weighted by Gasteiger charge is -2.09. The van der Waals surface area contributed by atoms with Crippen LogP contribution in [0.3, 0.4) is 0 Å². The number of methoxy groups -OCH3 is 3. The average Bonchev–Trinajstić information content (AvgIpc) is 2.61. The van der Waals surface area contributed by atoms with Crippen molar-refractivity contribution in [2.45, 2.75) is 0 Å². The Kier molecular flexibility index (Phi) is 5.62. The van der Waals surface area contributed by atoms with Crippen molar-refractivity contribution in [2.75, 3.05) is 21.3 Å². The SMILES string of the molecule is COc1ccc(N=C(N)NC(=O)c2cc(OC)cc(OC)c2)cc1. The number of ether oxygens (including phenoxy) is 3. The molecule has 0 aliphatic carbocycles.